The zero-order valence-electron chi connectivity index (χ0n) is 24.0. The molecule has 4 aliphatic heterocycles. The van der Waals surface area contributed by atoms with Crippen LogP contribution in [0.5, 0.6) is 5.75 Å². The van der Waals surface area contributed by atoms with Crippen LogP contribution in [0.2, 0.25) is 0 Å². The first kappa shape index (κ1) is 28.4. The zero-order chi connectivity index (χ0) is 28.8. The highest BCUT2D eigenvalue weighted by Gasteiger charge is 2.72. The molecular formula is C31H41N3O6. The standard InChI is InChI=1S/C31H41N3O6/c1-6-20(5)23(18-35)34-27-30(38)32(19(3)4)17-9-15-31(27)26(29(34)37)25-24(40-31)10-8-16-33(28(25)36)21-11-13-22(14-12-21)39-7-2/h8-15,19-20,23-27,35H,6-7,16-18H2,1-5H3/t20-,23-,24+,25-,26-,27?,31-/m0/s1. The van der Waals surface area contributed by atoms with E-state index in [4.69, 9.17) is 9.47 Å². The smallest absolute Gasteiger partial charge is 0.249 e. The van der Waals surface area contributed by atoms with Crippen LogP contribution in [0.1, 0.15) is 41.0 Å². The molecule has 0 aromatic heterocycles. The lowest BCUT2D eigenvalue weighted by molar-refractivity contribution is -0.152. The molecule has 1 spiro atoms. The van der Waals surface area contributed by atoms with Crippen LogP contribution in [0.25, 0.3) is 0 Å². The van der Waals surface area contributed by atoms with Crippen molar-refractivity contribution in [3.8, 4) is 5.75 Å². The molecule has 4 heterocycles. The number of carbonyl (C=O) groups is 3. The van der Waals surface area contributed by atoms with Crippen LogP contribution < -0.4 is 9.64 Å². The number of rotatable bonds is 8. The minimum Gasteiger partial charge on any atom is -0.494 e. The van der Waals surface area contributed by atoms with E-state index < -0.39 is 35.6 Å². The van der Waals surface area contributed by atoms with Crippen molar-refractivity contribution in [1.82, 2.24) is 9.80 Å². The van der Waals surface area contributed by atoms with Gasteiger partial charge in [-0.1, -0.05) is 44.6 Å². The van der Waals surface area contributed by atoms with Gasteiger partial charge in [0.15, 0.2) is 0 Å². The van der Waals surface area contributed by atoms with Gasteiger partial charge in [-0.05, 0) is 51.0 Å². The summed E-state index contributed by atoms with van der Waals surface area (Å²) in [6, 6.07) is 5.70. The quantitative estimate of drug-likeness (QED) is 0.499. The average molecular weight is 552 g/mol. The van der Waals surface area contributed by atoms with E-state index in [9.17, 15) is 19.5 Å². The average Bonchev–Trinajstić information content (AvgIpc) is 3.25. The Kier molecular flexibility index (Phi) is 7.81. The van der Waals surface area contributed by atoms with Crippen molar-refractivity contribution in [3.05, 3.63) is 48.6 Å². The predicted molar refractivity (Wildman–Crippen MR) is 151 cm³/mol. The van der Waals surface area contributed by atoms with Gasteiger partial charge in [0.1, 0.15) is 17.4 Å². The van der Waals surface area contributed by atoms with Gasteiger partial charge in [-0.3, -0.25) is 14.4 Å². The molecule has 0 aliphatic carbocycles. The molecule has 9 nitrogen and oxygen atoms in total. The number of carbonyl (C=O) groups excluding carboxylic acids is 3. The Bertz CT molecular complexity index is 1200. The van der Waals surface area contributed by atoms with E-state index in [0.717, 1.165) is 6.42 Å². The summed E-state index contributed by atoms with van der Waals surface area (Å²) in [5, 5.41) is 10.5. The summed E-state index contributed by atoms with van der Waals surface area (Å²) in [5.74, 6) is -1.79. The van der Waals surface area contributed by atoms with E-state index in [-0.39, 0.29) is 36.3 Å². The van der Waals surface area contributed by atoms with Crippen LogP contribution in [0.3, 0.4) is 0 Å². The third kappa shape index (κ3) is 4.34. The van der Waals surface area contributed by atoms with Crippen LogP contribution in [-0.4, -0.2) is 88.8 Å². The Balaban J connectivity index is 1.60. The number of likely N-dealkylation sites (tertiary alicyclic amines) is 1. The first-order valence-corrected chi connectivity index (χ1v) is 14.5. The Labute approximate surface area is 236 Å². The summed E-state index contributed by atoms with van der Waals surface area (Å²) < 4.78 is 12.3. The SMILES string of the molecule is CCOc1ccc(N2CC=C[C@H]3O[C@]45C=CCN(C(C)C)C(=O)C4N([C@@H](CO)[C@@H](C)CC)C(=O)[C@@H]5[C@H]3C2=O)cc1. The lowest BCUT2D eigenvalue weighted by atomic mass is 9.77. The largest absolute Gasteiger partial charge is 0.494 e. The molecule has 1 N–H and O–H groups in total. The van der Waals surface area contributed by atoms with Gasteiger partial charge in [-0.2, -0.15) is 0 Å². The second kappa shape index (κ2) is 11.0. The number of fused-ring (bicyclic) bond motifs is 2. The molecular weight excluding hydrogens is 510 g/mol. The highest BCUT2D eigenvalue weighted by Crippen LogP contribution is 2.54. The monoisotopic (exact) mass is 551 g/mol. The number of anilines is 1. The molecule has 7 atom stereocenters. The van der Waals surface area contributed by atoms with E-state index in [1.807, 2.05) is 83.2 Å². The fourth-order valence-electron chi connectivity index (χ4n) is 6.85. The van der Waals surface area contributed by atoms with Crippen molar-refractivity contribution >= 4 is 23.4 Å². The maximum Gasteiger partial charge on any atom is 0.249 e. The van der Waals surface area contributed by atoms with Gasteiger partial charge >= 0.3 is 0 Å². The molecule has 2 fully saturated rings. The van der Waals surface area contributed by atoms with Crippen LogP contribution in [0.15, 0.2) is 48.6 Å². The minimum absolute atomic E-state index is 0.0572. The van der Waals surface area contributed by atoms with Gasteiger partial charge in [0.25, 0.3) is 0 Å². The normalized spacial score (nSPS) is 31.2. The van der Waals surface area contributed by atoms with Crippen molar-refractivity contribution in [3.63, 3.8) is 0 Å². The Morgan fingerprint density at radius 3 is 2.38 bits per heavy atom. The zero-order valence-corrected chi connectivity index (χ0v) is 24.0. The molecule has 3 amide bonds. The summed E-state index contributed by atoms with van der Waals surface area (Å²) in [5.41, 5.74) is -0.611. The van der Waals surface area contributed by atoms with Crippen molar-refractivity contribution in [1.29, 1.82) is 0 Å². The van der Waals surface area contributed by atoms with Crippen LogP contribution >= 0.6 is 0 Å². The van der Waals surface area contributed by atoms with Gasteiger partial charge in [-0.25, -0.2) is 0 Å². The minimum atomic E-state index is -1.31. The number of nitrogens with zero attached hydrogens (tertiary/aromatic N) is 3. The Morgan fingerprint density at radius 1 is 1.02 bits per heavy atom. The fourth-order valence-corrected chi connectivity index (χ4v) is 6.85. The molecule has 40 heavy (non-hydrogen) atoms. The molecule has 5 rings (SSSR count). The van der Waals surface area contributed by atoms with Crippen molar-refractivity contribution in [2.75, 3.05) is 31.2 Å². The van der Waals surface area contributed by atoms with Crippen LogP contribution in [0.4, 0.5) is 5.69 Å². The lowest BCUT2D eigenvalue weighted by Gasteiger charge is -2.41. The molecule has 1 unspecified atom stereocenters. The highest BCUT2D eigenvalue weighted by molar-refractivity contribution is 6.04. The first-order valence-electron chi connectivity index (χ1n) is 14.5. The summed E-state index contributed by atoms with van der Waals surface area (Å²) in [7, 11) is 0. The molecule has 9 heteroatoms. The molecule has 2 saturated heterocycles. The van der Waals surface area contributed by atoms with Gasteiger partial charge in [0, 0.05) is 24.8 Å². The Morgan fingerprint density at radius 2 is 1.75 bits per heavy atom. The number of aliphatic hydroxyl groups is 1. The van der Waals surface area contributed by atoms with E-state index >= 15 is 0 Å². The number of amides is 3. The van der Waals surface area contributed by atoms with Crippen molar-refractivity contribution < 1.29 is 29.0 Å². The lowest BCUT2D eigenvalue weighted by Crippen LogP contribution is -2.60. The number of aliphatic hydroxyl groups excluding tert-OH is 1. The molecule has 4 aliphatic rings. The van der Waals surface area contributed by atoms with E-state index in [0.29, 0.717) is 31.1 Å². The molecule has 1 aromatic rings. The number of hydrogen-bond donors (Lipinski definition) is 1. The van der Waals surface area contributed by atoms with Crippen LogP contribution in [0, 0.1) is 17.8 Å². The van der Waals surface area contributed by atoms with Crippen LogP contribution in [-0.2, 0) is 19.1 Å². The highest BCUT2D eigenvalue weighted by atomic mass is 16.5. The summed E-state index contributed by atoms with van der Waals surface area (Å²) in [4.78, 5) is 48.0. The predicted octanol–water partition coefficient (Wildman–Crippen LogP) is 2.78. The second-order valence-corrected chi connectivity index (χ2v) is 11.5. The summed E-state index contributed by atoms with van der Waals surface area (Å²) in [6.45, 7) is 10.8. The molecule has 0 saturated carbocycles. The van der Waals surface area contributed by atoms with E-state index in [2.05, 4.69) is 0 Å². The van der Waals surface area contributed by atoms with Gasteiger partial charge in [0.2, 0.25) is 17.7 Å². The topological polar surface area (TPSA) is 99.6 Å². The number of ether oxygens (including phenoxy) is 2. The van der Waals surface area contributed by atoms with Gasteiger partial charge < -0.3 is 29.3 Å². The Hall–Kier alpha value is -3.17. The molecule has 216 valence electrons. The summed E-state index contributed by atoms with van der Waals surface area (Å²) >= 11 is 0. The van der Waals surface area contributed by atoms with Crippen molar-refractivity contribution in [2.45, 2.75) is 70.9 Å². The summed E-state index contributed by atoms with van der Waals surface area (Å²) in [6.07, 6.45) is 7.56. The number of hydrogen-bond acceptors (Lipinski definition) is 6. The third-order valence-electron chi connectivity index (χ3n) is 9.06. The van der Waals surface area contributed by atoms with Gasteiger partial charge in [0.05, 0.1) is 37.2 Å². The maximum absolute atomic E-state index is 14.5. The van der Waals surface area contributed by atoms with E-state index in [1.54, 1.807) is 14.7 Å². The van der Waals surface area contributed by atoms with Crippen molar-refractivity contribution in [2.24, 2.45) is 17.8 Å². The molecule has 1 aromatic carbocycles. The van der Waals surface area contributed by atoms with E-state index in [1.165, 1.54) is 0 Å². The van der Waals surface area contributed by atoms with Gasteiger partial charge in [-0.15, -0.1) is 0 Å². The maximum atomic E-state index is 14.5. The first-order chi connectivity index (χ1) is 19.2. The molecule has 0 bridgehead atoms. The fraction of sp³-hybridized carbons (Fsp3) is 0.581. The second-order valence-electron chi connectivity index (χ2n) is 11.5. The molecule has 0 radical (unpaired) electrons. The number of benzene rings is 1. The third-order valence-corrected chi connectivity index (χ3v) is 9.06.